The molecule has 13 heavy (non-hydrogen) atoms. The summed E-state index contributed by atoms with van der Waals surface area (Å²) in [6.45, 7) is 1.82. The lowest BCUT2D eigenvalue weighted by Gasteiger charge is -2.09. The topological polar surface area (TPSA) is 84.8 Å². The third-order valence-corrected chi connectivity index (χ3v) is 1.32. The zero-order valence-corrected chi connectivity index (χ0v) is 6.99. The van der Waals surface area contributed by atoms with Crippen LogP contribution in [0.15, 0.2) is 4.99 Å². The third kappa shape index (κ3) is 2.36. The van der Waals surface area contributed by atoms with Gasteiger partial charge >= 0.3 is 12.0 Å². The Kier molecular flexibility index (Phi) is 2.73. The monoisotopic (exact) mass is 184 g/mol. The van der Waals surface area contributed by atoms with E-state index in [4.69, 9.17) is 0 Å². The first-order chi connectivity index (χ1) is 6.13. The number of hydrogen-bond donors (Lipinski definition) is 1. The average Bonchev–Trinajstić information content (AvgIpc) is 2.03. The van der Waals surface area contributed by atoms with Gasteiger partial charge in [-0.1, -0.05) is 0 Å². The maximum atomic E-state index is 11.0. The largest absolute Gasteiger partial charge is 0.461 e. The zero-order valence-electron chi connectivity index (χ0n) is 6.99. The summed E-state index contributed by atoms with van der Waals surface area (Å²) in [6, 6.07) is -0.820. The minimum absolute atomic E-state index is 0.143. The van der Waals surface area contributed by atoms with Crippen molar-refractivity contribution < 1.29 is 19.1 Å². The van der Waals surface area contributed by atoms with E-state index in [-0.39, 0.29) is 18.7 Å². The Balaban J connectivity index is 2.74. The molecule has 1 N–H and O–H groups in total. The fraction of sp³-hybridized carbons (Fsp3) is 0.429. The van der Waals surface area contributed by atoms with Gasteiger partial charge in [-0.2, -0.15) is 4.99 Å². The molecule has 3 amide bonds. The van der Waals surface area contributed by atoms with E-state index in [9.17, 15) is 14.4 Å². The summed E-state index contributed by atoms with van der Waals surface area (Å²) in [4.78, 5) is 35.8. The molecule has 0 saturated heterocycles. The van der Waals surface area contributed by atoms with E-state index in [2.05, 4.69) is 9.73 Å². The van der Waals surface area contributed by atoms with Crippen LogP contribution in [0.25, 0.3) is 0 Å². The molecule has 0 radical (unpaired) electrons. The molecule has 1 aliphatic rings. The molecular formula is C7H8N2O4. The summed E-state index contributed by atoms with van der Waals surface area (Å²) in [5.74, 6) is -1.26. The number of nitrogens with one attached hydrogen (secondary N) is 1. The standard InChI is InChI=1S/C7H8N2O4/c1-2-13-6(11)4-3-5(10)9-7(12)8-4/h2-3H2,1H3,(H,9,10,12). The molecule has 6 nitrogen and oxygen atoms in total. The number of rotatable bonds is 2. The first-order valence-corrected chi connectivity index (χ1v) is 3.72. The number of amides is 3. The number of carbonyl (C=O) groups is 3. The minimum atomic E-state index is -0.820. The van der Waals surface area contributed by atoms with Gasteiger partial charge in [0, 0.05) is 0 Å². The number of nitrogens with zero attached hydrogens (tertiary/aromatic N) is 1. The van der Waals surface area contributed by atoms with Crippen molar-refractivity contribution in [2.24, 2.45) is 4.99 Å². The fourth-order valence-corrected chi connectivity index (χ4v) is 0.838. The lowest BCUT2D eigenvalue weighted by atomic mass is 10.2. The van der Waals surface area contributed by atoms with Gasteiger partial charge in [0.05, 0.1) is 13.0 Å². The van der Waals surface area contributed by atoms with Crippen LogP contribution < -0.4 is 5.32 Å². The van der Waals surface area contributed by atoms with Crippen LogP contribution in [-0.4, -0.2) is 30.2 Å². The van der Waals surface area contributed by atoms with Gasteiger partial charge in [0.15, 0.2) is 0 Å². The molecule has 1 heterocycles. The molecule has 1 rings (SSSR count). The quantitative estimate of drug-likeness (QED) is 0.593. The summed E-state index contributed by atoms with van der Waals surface area (Å²) in [5.41, 5.74) is -0.143. The Morgan fingerprint density at radius 1 is 1.62 bits per heavy atom. The molecule has 0 spiro atoms. The number of hydrogen-bond acceptors (Lipinski definition) is 4. The Hall–Kier alpha value is -1.72. The second kappa shape index (κ2) is 3.79. The number of urea groups is 1. The molecule has 0 aromatic carbocycles. The van der Waals surface area contributed by atoms with Gasteiger partial charge in [-0.3, -0.25) is 10.1 Å². The van der Waals surface area contributed by atoms with Gasteiger partial charge in [-0.05, 0) is 6.92 Å². The number of esters is 1. The summed E-state index contributed by atoms with van der Waals surface area (Å²) in [5, 5.41) is 1.93. The van der Waals surface area contributed by atoms with Crippen molar-refractivity contribution in [2.75, 3.05) is 6.61 Å². The van der Waals surface area contributed by atoms with Crippen LogP contribution in [0.5, 0.6) is 0 Å². The van der Waals surface area contributed by atoms with Gasteiger partial charge in [-0.15, -0.1) is 0 Å². The summed E-state index contributed by atoms with van der Waals surface area (Å²) >= 11 is 0. The van der Waals surface area contributed by atoms with Gasteiger partial charge < -0.3 is 4.74 Å². The molecule has 0 aliphatic carbocycles. The highest BCUT2D eigenvalue weighted by Crippen LogP contribution is 1.98. The van der Waals surface area contributed by atoms with Crippen LogP contribution >= 0.6 is 0 Å². The predicted molar refractivity (Wildman–Crippen MR) is 42.2 cm³/mol. The Labute approximate surface area is 74.0 Å². The summed E-state index contributed by atoms with van der Waals surface area (Å²) in [7, 11) is 0. The smallest absolute Gasteiger partial charge is 0.353 e. The maximum Gasteiger partial charge on any atom is 0.353 e. The number of ether oxygens (including phenoxy) is 1. The van der Waals surface area contributed by atoms with E-state index in [0.717, 1.165) is 0 Å². The van der Waals surface area contributed by atoms with Crippen molar-refractivity contribution in [1.29, 1.82) is 0 Å². The van der Waals surface area contributed by atoms with Crippen molar-refractivity contribution in [2.45, 2.75) is 13.3 Å². The highest BCUT2D eigenvalue weighted by molar-refractivity contribution is 6.43. The van der Waals surface area contributed by atoms with Crippen LogP contribution in [0.2, 0.25) is 0 Å². The zero-order chi connectivity index (χ0) is 9.84. The van der Waals surface area contributed by atoms with Crippen LogP contribution in [0, 0.1) is 0 Å². The van der Waals surface area contributed by atoms with Crippen LogP contribution in [0.3, 0.4) is 0 Å². The second-order valence-corrected chi connectivity index (χ2v) is 2.31. The van der Waals surface area contributed by atoms with Gasteiger partial charge in [0.2, 0.25) is 5.91 Å². The number of imide groups is 1. The summed E-state index contributed by atoms with van der Waals surface area (Å²) < 4.78 is 4.58. The normalized spacial score (nSPS) is 16.2. The first kappa shape index (κ1) is 9.37. The van der Waals surface area contributed by atoms with Crippen molar-refractivity contribution in [1.82, 2.24) is 5.32 Å². The maximum absolute atomic E-state index is 11.0. The fourth-order valence-electron chi connectivity index (χ4n) is 0.838. The average molecular weight is 184 g/mol. The number of aliphatic imine (C=N–C) groups is 1. The van der Waals surface area contributed by atoms with Crippen molar-refractivity contribution >= 4 is 23.6 Å². The molecule has 70 valence electrons. The molecule has 0 unspecified atom stereocenters. The SMILES string of the molecule is CCOC(=O)C1=NC(=O)NC(=O)C1. The molecule has 0 fully saturated rings. The molecule has 0 aromatic heterocycles. The first-order valence-electron chi connectivity index (χ1n) is 3.72. The second-order valence-electron chi connectivity index (χ2n) is 2.31. The van der Waals surface area contributed by atoms with E-state index in [1.807, 2.05) is 5.32 Å². The highest BCUT2D eigenvalue weighted by atomic mass is 16.5. The molecule has 1 aliphatic heterocycles. The Morgan fingerprint density at radius 3 is 2.85 bits per heavy atom. The van der Waals surface area contributed by atoms with E-state index in [1.54, 1.807) is 6.92 Å². The van der Waals surface area contributed by atoms with Gasteiger partial charge in [0.25, 0.3) is 0 Å². The molecule has 0 atom stereocenters. The van der Waals surface area contributed by atoms with Gasteiger partial charge in [-0.25, -0.2) is 9.59 Å². The highest BCUT2D eigenvalue weighted by Gasteiger charge is 2.23. The van der Waals surface area contributed by atoms with E-state index >= 15 is 0 Å². The van der Waals surface area contributed by atoms with E-state index < -0.39 is 17.9 Å². The Bertz CT molecular complexity index is 295. The molecular weight excluding hydrogens is 176 g/mol. The molecule has 6 heteroatoms. The molecule has 0 bridgehead atoms. The van der Waals surface area contributed by atoms with Crippen LogP contribution in [0.4, 0.5) is 4.79 Å². The molecule has 0 aromatic rings. The lowest BCUT2D eigenvalue weighted by Crippen LogP contribution is -2.38. The van der Waals surface area contributed by atoms with E-state index in [1.165, 1.54) is 0 Å². The van der Waals surface area contributed by atoms with E-state index in [0.29, 0.717) is 0 Å². The number of carbonyl (C=O) groups excluding carboxylic acids is 3. The van der Waals surface area contributed by atoms with Crippen LogP contribution in [-0.2, 0) is 14.3 Å². The van der Waals surface area contributed by atoms with Crippen molar-refractivity contribution in [3.05, 3.63) is 0 Å². The Morgan fingerprint density at radius 2 is 2.31 bits per heavy atom. The lowest BCUT2D eigenvalue weighted by molar-refractivity contribution is -0.135. The predicted octanol–water partition coefficient (Wildman–Crippen LogP) is -0.370. The molecule has 0 saturated carbocycles. The van der Waals surface area contributed by atoms with Crippen molar-refractivity contribution in [3.63, 3.8) is 0 Å². The third-order valence-electron chi connectivity index (χ3n) is 1.32. The van der Waals surface area contributed by atoms with Gasteiger partial charge in [0.1, 0.15) is 5.71 Å². The van der Waals surface area contributed by atoms with Crippen LogP contribution in [0.1, 0.15) is 13.3 Å². The van der Waals surface area contributed by atoms with Crippen molar-refractivity contribution in [3.8, 4) is 0 Å². The summed E-state index contributed by atoms with van der Waals surface area (Å²) in [6.07, 6.45) is -0.204. The minimum Gasteiger partial charge on any atom is -0.461 e.